The summed E-state index contributed by atoms with van der Waals surface area (Å²) in [5.74, 6) is -0.509. The molecule has 0 amide bonds. The van der Waals surface area contributed by atoms with E-state index >= 15 is 0 Å². The smallest absolute Gasteiger partial charge is 0.327 e. The van der Waals surface area contributed by atoms with E-state index in [4.69, 9.17) is 28.2 Å². The highest BCUT2D eigenvalue weighted by atomic mass is 35.5. The minimum atomic E-state index is -1.02. The third kappa shape index (κ3) is 9.43. The SMILES string of the molecule is CCOC(=O)CCl.Nc1cccc(-c2nn[nH]n2)c1.Nc1cccc(-c2nnn(CC(=O)O)n2)c1. The summed E-state index contributed by atoms with van der Waals surface area (Å²) in [5.41, 5.74) is 14.0. The van der Waals surface area contributed by atoms with Gasteiger partial charge in [-0.3, -0.25) is 9.59 Å². The highest BCUT2D eigenvalue weighted by Gasteiger charge is 2.08. The van der Waals surface area contributed by atoms with E-state index < -0.39 is 5.97 Å². The minimum Gasteiger partial charge on any atom is -0.480 e. The van der Waals surface area contributed by atoms with E-state index in [2.05, 4.69) is 40.8 Å². The number of H-pyrrole nitrogens is 1. The van der Waals surface area contributed by atoms with Gasteiger partial charge in [0.2, 0.25) is 11.6 Å². The topological polar surface area (TPSA) is 214 Å². The monoisotopic (exact) mass is 502 g/mol. The molecular weight excluding hydrogens is 480 g/mol. The molecule has 4 rings (SSSR count). The van der Waals surface area contributed by atoms with E-state index in [1.165, 1.54) is 0 Å². The number of aliphatic carboxylic acids is 1. The van der Waals surface area contributed by atoms with Crippen LogP contribution in [0.25, 0.3) is 22.8 Å². The summed E-state index contributed by atoms with van der Waals surface area (Å²) in [4.78, 5) is 21.5. The molecule has 35 heavy (non-hydrogen) atoms. The van der Waals surface area contributed by atoms with Crippen LogP contribution in [0.2, 0.25) is 0 Å². The Bertz CT molecular complexity index is 1220. The van der Waals surface area contributed by atoms with Crippen molar-refractivity contribution in [1.82, 2.24) is 40.8 Å². The molecule has 2 heterocycles. The third-order valence-electron chi connectivity index (χ3n) is 3.78. The Balaban J connectivity index is 0.000000201. The predicted octanol–water partition coefficient (Wildman–Crippen LogP) is 1.24. The number of hydrogen-bond acceptors (Lipinski definition) is 11. The van der Waals surface area contributed by atoms with Gasteiger partial charge in [0.15, 0.2) is 6.54 Å². The number of esters is 1. The van der Waals surface area contributed by atoms with Crippen LogP contribution in [-0.2, 0) is 20.9 Å². The Morgan fingerprint density at radius 1 is 1.06 bits per heavy atom. The molecule has 0 saturated heterocycles. The normalized spacial score (nSPS) is 9.77. The van der Waals surface area contributed by atoms with Gasteiger partial charge >= 0.3 is 11.9 Å². The lowest BCUT2D eigenvalue weighted by Gasteiger charge is -1.95. The van der Waals surface area contributed by atoms with Crippen LogP contribution >= 0.6 is 11.6 Å². The Hall–Kier alpha value is -4.59. The fourth-order valence-corrected chi connectivity index (χ4v) is 2.46. The number of nitrogens with two attached hydrogens (primary N) is 2. The standard InChI is InChI=1S/C9H9N5O2.C7H7N5.C4H7ClO2/c10-7-3-1-2-6(4-7)9-11-13-14(12-9)5-8(15)16;8-6-3-1-2-5(4-6)7-9-11-12-10-7;1-2-7-4(6)3-5/h1-4H,5,10H2,(H,15,16);1-4H,8H2,(H,9,10,11,12);2-3H2,1H3. The molecule has 2 aromatic heterocycles. The number of tetrazole rings is 2. The first kappa shape index (κ1) is 26.7. The van der Waals surface area contributed by atoms with E-state index in [9.17, 15) is 9.59 Å². The van der Waals surface area contributed by atoms with Crippen LogP contribution in [-0.4, -0.2) is 70.4 Å². The molecule has 0 unspecified atom stereocenters. The van der Waals surface area contributed by atoms with Gasteiger partial charge in [0.05, 0.1) is 6.61 Å². The van der Waals surface area contributed by atoms with Crippen LogP contribution in [0.1, 0.15) is 6.92 Å². The lowest BCUT2D eigenvalue weighted by Crippen LogP contribution is -2.11. The molecule has 0 atom stereocenters. The van der Waals surface area contributed by atoms with E-state index in [0.29, 0.717) is 35.2 Å². The molecule has 2 aromatic carbocycles. The van der Waals surface area contributed by atoms with Gasteiger partial charge in [-0.1, -0.05) is 24.3 Å². The summed E-state index contributed by atoms with van der Waals surface area (Å²) in [6.07, 6.45) is 0. The van der Waals surface area contributed by atoms with Crippen molar-refractivity contribution < 1.29 is 19.4 Å². The summed E-state index contributed by atoms with van der Waals surface area (Å²) in [6, 6.07) is 14.3. The highest BCUT2D eigenvalue weighted by molar-refractivity contribution is 6.26. The quantitative estimate of drug-likeness (QED) is 0.166. The summed E-state index contributed by atoms with van der Waals surface area (Å²) >= 11 is 5.06. The zero-order valence-corrected chi connectivity index (χ0v) is 19.3. The Morgan fingerprint density at radius 3 is 2.14 bits per heavy atom. The zero-order chi connectivity index (χ0) is 25.6. The Morgan fingerprint density at radius 2 is 1.69 bits per heavy atom. The molecule has 0 radical (unpaired) electrons. The van der Waals surface area contributed by atoms with Gasteiger partial charge < -0.3 is 21.3 Å². The number of hydrogen-bond donors (Lipinski definition) is 4. The maximum absolute atomic E-state index is 10.4. The number of carbonyl (C=O) groups is 2. The van der Waals surface area contributed by atoms with Crippen LogP contribution in [0, 0.1) is 0 Å². The van der Waals surface area contributed by atoms with Crippen molar-refractivity contribution in [3.8, 4) is 22.8 Å². The first-order chi connectivity index (χ1) is 16.8. The van der Waals surface area contributed by atoms with Crippen molar-refractivity contribution >= 4 is 34.9 Å². The number of benzene rings is 2. The van der Waals surface area contributed by atoms with Crippen LogP contribution in [0.5, 0.6) is 0 Å². The van der Waals surface area contributed by atoms with Gasteiger partial charge in [-0.25, -0.2) is 0 Å². The second kappa shape index (κ2) is 13.8. The molecular formula is C20H23ClN10O4. The number of ether oxygens (including phenoxy) is 1. The molecule has 0 bridgehead atoms. The molecule has 0 aliphatic heterocycles. The number of carboxylic acids is 1. The average Bonchev–Trinajstić information content (AvgIpc) is 3.52. The minimum absolute atomic E-state index is 0.0478. The van der Waals surface area contributed by atoms with Gasteiger partial charge in [0, 0.05) is 22.5 Å². The second-order valence-electron chi connectivity index (χ2n) is 6.46. The maximum atomic E-state index is 10.4. The number of anilines is 2. The van der Waals surface area contributed by atoms with Gasteiger partial charge in [0.25, 0.3) is 0 Å². The van der Waals surface area contributed by atoms with Crippen molar-refractivity contribution in [3.05, 3.63) is 48.5 Å². The molecule has 0 fully saturated rings. The number of rotatable bonds is 6. The van der Waals surface area contributed by atoms with Crippen molar-refractivity contribution in [3.63, 3.8) is 0 Å². The Kier molecular flexibility index (Phi) is 10.5. The molecule has 6 N–H and O–H groups in total. The molecule has 0 aliphatic rings. The van der Waals surface area contributed by atoms with E-state index in [-0.39, 0.29) is 18.4 Å². The van der Waals surface area contributed by atoms with Gasteiger partial charge in [-0.05, 0) is 41.6 Å². The molecule has 0 saturated carbocycles. The summed E-state index contributed by atoms with van der Waals surface area (Å²) in [7, 11) is 0. The number of aromatic amines is 1. The summed E-state index contributed by atoms with van der Waals surface area (Å²) < 4.78 is 4.42. The van der Waals surface area contributed by atoms with Crippen molar-refractivity contribution in [1.29, 1.82) is 0 Å². The van der Waals surface area contributed by atoms with Gasteiger partial charge in [0.1, 0.15) is 5.88 Å². The molecule has 14 nitrogen and oxygen atoms in total. The Labute approximate surface area is 204 Å². The molecule has 0 spiro atoms. The van der Waals surface area contributed by atoms with E-state index in [0.717, 1.165) is 10.4 Å². The number of halogens is 1. The van der Waals surface area contributed by atoms with E-state index in [1.54, 1.807) is 37.3 Å². The number of carbonyl (C=O) groups excluding carboxylic acids is 1. The largest absolute Gasteiger partial charge is 0.480 e. The van der Waals surface area contributed by atoms with E-state index in [1.807, 2.05) is 18.2 Å². The van der Waals surface area contributed by atoms with Crippen LogP contribution in [0.15, 0.2) is 48.5 Å². The average molecular weight is 503 g/mol. The second-order valence-corrected chi connectivity index (χ2v) is 6.73. The number of nitrogens with one attached hydrogen (secondary N) is 1. The summed E-state index contributed by atoms with van der Waals surface area (Å²) in [6.45, 7) is 1.84. The number of alkyl halides is 1. The lowest BCUT2D eigenvalue weighted by molar-refractivity contribution is -0.140. The van der Waals surface area contributed by atoms with Crippen LogP contribution in [0.4, 0.5) is 11.4 Å². The first-order valence-corrected chi connectivity index (χ1v) is 10.5. The fraction of sp³-hybridized carbons (Fsp3) is 0.200. The zero-order valence-electron chi connectivity index (χ0n) is 18.6. The molecule has 184 valence electrons. The van der Waals surface area contributed by atoms with Crippen molar-refractivity contribution in [2.24, 2.45) is 0 Å². The number of nitrogens with zero attached hydrogens (tertiary/aromatic N) is 7. The lowest BCUT2D eigenvalue weighted by atomic mass is 10.2. The number of carboxylic acid groups (broad SMARTS) is 1. The number of nitrogen functional groups attached to an aromatic ring is 2. The molecule has 0 aliphatic carbocycles. The van der Waals surface area contributed by atoms with Crippen molar-refractivity contribution in [2.45, 2.75) is 13.5 Å². The maximum Gasteiger partial charge on any atom is 0.327 e. The third-order valence-corrected chi connectivity index (χ3v) is 4.00. The van der Waals surface area contributed by atoms with Crippen LogP contribution < -0.4 is 11.5 Å². The summed E-state index contributed by atoms with van der Waals surface area (Å²) in [5, 5.41) is 33.3. The molecule has 15 heteroatoms. The van der Waals surface area contributed by atoms with Gasteiger partial charge in [-0.2, -0.15) is 10.0 Å². The van der Waals surface area contributed by atoms with Crippen LogP contribution in [0.3, 0.4) is 0 Å². The van der Waals surface area contributed by atoms with Gasteiger partial charge in [-0.15, -0.1) is 32.0 Å². The predicted molar refractivity (Wildman–Crippen MR) is 127 cm³/mol. The fourth-order valence-electron chi connectivity index (χ4n) is 2.39. The highest BCUT2D eigenvalue weighted by Crippen LogP contribution is 2.16. The van der Waals surface area contributed by atoms with Crippen molar-refractivity contribution in [2.75, 3.05) is 24.0 Å². The molecule has 4 aromatic rings. The number of aromatic nitrogens is 8. The first-order valence-electron chi connectivity index (χ1n) is 9.98.